The minimum absolute atomic E-state index is 0. The molecule has 1 unspecified atom stereocenters. The van der Waals surface area contributed by atoms with Crippen LogP contribution in [0.1, 0.15) is 74.1 Å². The maximum atomic E-state index is 6.84. The van der Waals surface area contributed by atoms with E-state index in [1.165, 1.54) is 27.0 Å². The molecule has 0 bridgehead atoms. The van der Waals surface area contributed by atoms with Crippen LogP contribution >= 0.6 is 0 Å². The predicted molar refractivity (Wildman–Crippen MR) is 104 cm³/mol. The summed E-state index contributed by atoms with van der Waals surface area (Å²) in [6, 6.07) is 0. The molecular formula is C23H35Cl2OTi. The first-order chi connectivity index (χ1) is 11.6. The third kappa shape index (κ3) is 5.43. The van der Waals surface area contributed by atoms with Gasteiger partial charge in [0.25, 0.3) is 0 Å². The van der Waals surface area contributed by atoms with Crippen molar-refractivity contribution in [3.63, 3.8) is 0 Å². The van der Waals surface area contributed by atoms with Gasteiger partial charge in [-0.3, -0.25) is 0 Å². The zero-order valence-electron chi connectivity index (χ0n) is 18.0. The van der Waals surface area contributed by atoms with E-state index in [4.69, 9.17) is 4.74 Å². The first-order valence-corrected chi connectivity index (χ1v) is 10.5. The summed E-state index contributed by atoms with van der Waals surface area (Å²) in [5, 5.41) is 0. The zero-order valence-corrected chi connectivity index (χ0v) is 21.1. The van der Waals surface area contributed by atoms with E-state index in [0.717, 1.165) is 25.9 Å². The summed E-state index contributed by atoms with van der Waals surface area (Å²) in [4.78, 5) is 0. The molecule has 1 atom stereocenters. The van der Waals surface area contributed by atoms with E-state index in [1.807, 2.05) is 0 Å². The molecule has 0 N–H and O–H groups in total. The van der Waals surface area contributed by atoms with Gasteiger partial charge in [0.15, 0.2) is 0 Å². The number of allylic oxidation sites excluding steroid dienone is 5. The summed E-state index contributed by atoms with van der Waals surface area (Å²) < 4.78 is 8.33. The van der Waals surface area contributed by atoms with E-state index in [2.05, 4.69) is 93.2 Å². The maximum absolute atomic E-state index is 6.84. The van der Waals surface area contributed by atoms with E-state index in [1.54, 1.807) is 0 Å². The third-order valence-corrected chi connectivity index (χ3v) is 6.53. The first-order valence-electron chi connectivity index (χ1n) is 9.71. The van der Waals surface area contributed by atoms with Crippen molar-refractivity contribution >= 4 is 0 Å². The molecular weight excluding hydrogens is 411 g/mol. The summed E-state index contributed by atoms with van der Waals surface area (Å²) in [5.41, 5.74) is 4.02. The van der Waals surface area contributed by atoms with Gasteiger partial charge in [-0.05, 0) is 0 Å². The van der Waals surface area contributed by atoms with Crippen molar-refractivity contribution in [3.05, 3.63) is 44.9 Å². The molecule has 0 aromatic heterocycles. The second-order valence-electron chi connectivity index (χ2n) is 9.11. The number of unbranched alkanes of at least 4 members (excludes halogenated alkanes) is 1. The van der Waals surface area contributed by atoms with Gasteiger partial charge in [0, 0.05) is 0 Å². The summed E-state index contributed by atoms with van der Waals surface area (Å²) >= 11 is 2.28. The third-order valence-electron chi connectivity index (χ3n) is 5.79. The van der Waals surface area contributed by atoms with Gasteiger partial charge in [-0.2, -0.15) is 0 Å². The van der Waals surface area contributed by atoms with Crippen LogP contribution in [-0.2, 0) is 25.2 Å². The molecule has 2 rings (SSSR count). The molecule has 0 fully saturated rings. The van der Waals surface area contributed by atoms with E-state index in [9.17, 15) is 0 Å². The fraction of sp³-hybridized carbons (Fsp3) is 0.652. The standard InChI is InChI=1S/C23H35O.2ClH.Ti/c1-8-9-16-24-23(22(6,7)19-12-10-11-13-19)15-14-18(2)17-20(23)21(3,4)5;;;/h10,12,14,17H,8-9,11,15-16H2,1-7H3;2*1H;/q;;;+2/p-2. The van der Waals surface area contributed by atoms with Crippen molar-refractivity contribution in [2.75, 3.05) is 6.61 Å². The molecule has 2 aliphatic carbocycles. The molecule has 0 heterocycles. The summed E-state index contributed by atoms with van der Waals surface area (Å²) in [7, 11) is 0. The summed E-state index contributed by atoms with van der Waals surface area (Å²) in [6.45, 7) is 17.1. The molecule has 27 heavy (non-hydrogen) atoms. The van der Waals surface area contributed by atoms with Crippen molar-refractivity contribution in [1.82, 2.24) is 0 Å². The van der Waals surface area contributed by atoms with E-state index < -0.39 is 0 Å². The Morgan fingerprint density at radius 3 is 2.26 bits per heavy atom. The van der Waals surface area contributed by atoms with Gasteiger partial charge < -0.3 is 24.8 Å². The predicted octanol–water partition coefficient (Wildman–Crippen LogP) is 0.659. The largest absolute Gasteiger partial charge is 1.00 e. The Balaban J connectivity index is 0.00000338. The Kier molecular flexibility index (Phi) is 10.4. The fourth-order valence-electron chi connectivity index (χ4n) is 4.25. The van der Waals surface area contributed by atoms with Crippen LogP contribution in [0.2, 0.25) is 0 Å². The van der Waals surface area contributed by atoms with Crippen LogP contribution in [0.15, 0.2) is 44.9 Å². The quantitative estimate of drug-likeness (QED) is 0.431. The summed E-state index contributed by atoms with van der Waals surface area (Å²) in [6.07, 6.45) is 13.7. The summed E-state index contributed by atoms with van der Waals surface area (Å²) in [5.74, 6) is 0. The van der Waals surface area contributed by atoms with Crippen LogP contribution in [0.3, 0.4) is 0 Å². The van der Waals surface area contributed by atoms with E-state index in [-0.39, 0.29) is 41.2 Å². The van der Waals surface area contributed by atoms with Crippen LogP contribution in [-0.4, -0.2) is 12.2 Å². The van der Waals surface area contributed by atoms with Gasteiger partial charge in [0.2, 0.25) is 0 Å². The Morgan fingerprint density at radius 2 is 1.78 bits per heavy atom. The SMILES string of the molecule is CCCCOC1(C(C)(C)C2=[C]([Ti+2])CC=C2)CC=C(C)C=C1C(C)(C)C.[Cl-].[Cl-]. The van der Waals surface area contributed by atoms with E-state index in [0.29, 0.717) is 0 Å². The van der Waals surface area contributed by atoms with Crippen molar-refractivity contribution < 1.29 is 50.0 Å². The monoisotopic (exact) mass is 445 g/mol. The number of hydrogen-bond acceptors (Lipinski definition) is 1. The second kappa shape index (κ2) is 10.3. The minimum Gasteiger partial charge on any atom is -1.00 e. The van der Waals surface area contributed by atoms with Crippen molar-refractivity contribution in [2.24, 2.45) is 10.8 Å². The molecule has 0 saturated heterocycles. The van der Waals surface area contributed by atoms with Crippen molar-refractivity contribution in [2.45, 2.75) is 79.8 Å². The van der Waals surface area contributed by atoms with Gasteiger partial charge >= 0.3 is 167 Å². The first kappa shape index (κ1) is 27.2. The van der Waals surface area contributed by atoms with Gasteiger partial charge in [-0.1, -0.05) is 0 Å². The molecule has 0 aliphatic heterocycles. The van der Waals surface area contributed by atoms with Gasteiger partial charge in [-0.25, -0.2) is 0 Å². The van der Waals surface area contributed by atoms with Crippen molar-refractivity contribution in [3.8, 4) is 0 Å². The average molecular weight is 446 g/mol. The maximum Gasteiger partial charge on any atom is -1.00 e. The van der Waals surface area contributed by atoms with Crippen LogP contribution in [0.25, 0.3) is 0 Å². The molecule has 0 saturated carbocycles. The molecule has 0 aromatic carbocycles. The molecule has 0 spiro atoms. The Labute approximate surface area is 191 Å². The Bertz CT molecular complexity index is 635. The van der Waals surface area contributed by atoms with Gasteiger partial charge in [0.1, 0.15) is 0 Å². The van der Waals surface area contributed by atoms with Gasteiger partial charge in [0.05, 0.1) is 0 Å². The van der Waals surface area contributed by atoms with Crippen LogP contribution < -0.4 is 24.8 Å². The molecule has 1 nitrogen and oxygen atoms in total. The molecule has 0 aromatic rings. The van der Waals surface area contributed by atoms with Crippen LogP contribution in [0.5, 0.6) is 0 Å². The average Bonchev–Trinajstić information content (AvgIpc) is 2.94. The van der Waals surface area contributed by atoms with Crippen molar-refractivity contribution in [1.29, 1.82) is 0 Å². The normalized spacial score (nSPS) is 22.9. The molecule has 2 aliphatic rings. The number of ether oxygens (including phenoxy) is 1. The second-order valence-corrected chi connectivity index (χ2v) is 10.1. The minimum atomic E-state index is -0.273. The zero-order chi connectivity index (χ0) is 18.9. The molecule has 0 radical (unpaired) electrons. The van der Waals surface area contributed by atoms with Crippen LogP contribution in [0.4, 0.5) is 0 Å². The Morgan fingerprint density at radius 1 is 1.15 bits per heavy atom. The number of hydrogen-bond donors (Lipinski definition) is 0. The molecule has 4 heteroatoms. The van der Waals surface area contributed by atoms with Gasteiger partial charge in [-0.15, -0.1) is 0 Å². The smallest absolute Gasteiger partial charge is 1.00 e. The number of halogens is 2. The van der Waals surface area contributed by atoms with E-state index >= 15 is 0 Å². The number of rotatable bonds is 6. The molecule has 0 amide bonds. The van der Waals surface area contributed by atoms with Crippen LogP contribution in [0, 0.1) is 10.8 Å². The fourth-order valence-corrected chi connectivity index (χ4v) is 5.05. The topological polar surface area (TPSA) is 9.23 Å². The molecule has 151 valence electrons. The Hall–Kier alpha value is 0.214.